The van der Waals surface area contributed by atoms with E-state index in [0.717, 1.165) is 36.7 Å². The van der Waals surface area contributed by atoms with Gasteiger partial charge < -0.3 is 0 Å². The quantitative estimate of drug-likeness (QED) is 0.170. The normalized spacial score (nSPS) is 11.6. The second-order valence-electron chi connectivity index (χ2n) is 8.52. The molecule has 0 fully saturated rings. The molecule has 0 saturated heterocycles. The van der Waals surface area contributed by atoms with E-state index in [1.807, 2.05) is 36.4 Å². The fourth-order valence-electron chi connectivity index (χ4n) is 4.25. The maximum atomic E-state index is 12.4. The van der Waals surface area contributed by atoms with Crippen LogP contribution in [-0.4, -0.2) is 36.6 Å². The molecule has 0 aliphatic heterocycles. The molecule has 0 radical (unpaired) electrons. The van der Waals surface area contributed by atoms with E-state index >= 15 is 0 Å². The van der Waals surface area contributed by atoms with Crippen LogP contribution in [-0.2, 0) is 13.1 Å². The maximum absolute atomic E-state index is 12.4. The number of hydrogen-bond donors (Lipinski definition) is 0. The third-order valence-corrected chi connectivity index (χ3v) is 10.8. The molecule has 0 amide bonds. The summed E-state index contributed by atoms with van der Waals surface area (Å²) in [7, 11) is 0. The van der Waals surface area contributed by atoms with Crippen molar-refractivity contribution >= 4 is 48.8 Å². The molecule has 2 heterocycles. The van der Waals surface area contributed by atoms with Crippen LogP contribution in [0.5, 0.6) is 0 Å². The second-order valence-corrected chi connectivity index (χ2v) is 13.0. The van der Waals surface area contributed by atoms with Gasteiger partial charge in [0.1, 0.15) is 0 Å². The summed E-state index contributed by atoms with van der Waals surface area (Å²) < 4.78 is 6.60. The van der Waals surface area contributed by atoms with Crippen molar-refractivity contribution in [2.45, 2.75) is 77.3 Å². The average Bonchev–Trinajstić information content (AvgIpc) is 3.31. The first-order chi connectivity index (χ1) is 15.7. The van der Waals surface area contributed by atoms with Crippen LogP contribution in [0.3, 0.4) is 0 Å². The van der Waals surface area contributed by atoms with Gasteiger partial charge in [-0.3, -0.25) is 0 Å². The van der Waals surface area contributed by atoms with Gasteiger partial charge in [0.25, 0.3) is 0 Å². The Bertz CT molecular complexity index is 1150. The Balaban J connectivity index is 1.02. The number of nitrogens with zero attached hydrogens (tertiary/aromatic N) is 2. The van der Waals surface area contributed by atoms with Crippen molar-refractivity contribution in [3.8, 4) is 0 Å². The summed E-state index contributed by atoms with van der Waals surface area (Å²) in [5.41, 5.74) is 0.473. The van der Waals surface area contributed by atoms with Gasteiger partial charge in [-0.05, 0) is 0 Å². The van der Waals surface area contributed by atoms with Gasteiger partial charge in [0, 0.05) is 0 Å². The van der Waals surface area contributed by atoms with Crippen molar-refractivity contribution in [2.24, 2.45) is 0 Å². The number of aryl methyl sites for hydroxylation is 2. The Morgan fingerprint density at radius 3 is 1.22 bits per heavy atom. The van der Waals surface area contributed by atoms with E-state index in [4.69, 9.17) is 0 Å². The van der Waals surface area contributed by atoms with E-state index < -0.39 is 0 Å². The second kappa shape index (κ2) is 12.0. The summed E-state index contributed by atoms with van der Waals surface area (Å²) in [5, 5.41) is 1.84. The van der Waals surface area contributed by atoms with Crippen LogP contribution in [0.4, 0.5) is 0 Å². The van der Waals surface area contributed by atoms with Crippen LogP contribution >= 0.6 is 0 Å². The zero-order valence-corrected chi connectivity index (χ0v) is 22.1. The number of benzene rings is 2. The van der Waals surface area contributed by atoms with Crippen LogP contribution in [0.1, 0.15) is 64.2 Å². The molecule has 0 aliphatic rings. The molecule has 0 atom stereocenters. The first-order valence-electron chi connectivity index (χ1n) is 11.9. The zero-order chi connectivity index (χ0) is 22.2. The first-order valence-corrected chi connectivity index (χ1v) is 15.2. The van der Waals surface area contributed by atoms with E-state index in [9.17, 15) is 9.59 Å². The van der Waals surface area contributed by atoms with E-state index in [0.29, 0.717) is 0 Å². The monoisotopic (exact) mass is 564 g/mol. The van der Waals surface area contributed by atoms with Gasteiger partial charge in [-0.2, -0.15) is 0 Å². The average molecular weight is 562 g/mol. The molecule has 32 heavy (non-hydrogen) atoms. The molecule has 4 nitrogen and oxygen atoms in total. The molecule has 0 spiro atoms. The number of unbranched alkanes of at least 4 members (excludes halogenated alkanes) is 9. The molecule has 0 aliphatic carbocycles. The molecular weight excluding hydrogens is 530 g/mol. The standard InChI is InChI=1S/C26H32N2O2Se2/c29-25-21-15-9-11-17-23(21)31-27(25)19-13-7-5-3-1-2-4-6-8-14-20-28-26(30)22-16-10-12-18-24(22)32-28/h9-12,15-18H,1-8,13-14,19-20H2. The Morgan fingerprint density at radius 1 is 0.500 bits per heavy atom. The minimum atomic E-state index is 0.181. The molecule has 4 aromatic rings. The van der Waals surface area contributed by atoms with E-state index in [-0.39, 0.29) is 40.6 Å². The van der Waals surface area contributed by atoms with Crippen LogP contribution < -0.4 is 11.1 Å². The van der Waals surface area contributed by atoms with Crippen molar-refractivity contribution < 1.29 is 0 Å². The van der Waals surface area contributed by atoms with Crippen LogP contribution in [0.15, 0.2) is 58.1 Å². The molecule has 2 aromatic carbocycles. The summed E-state index contributed by atoms with van der Waals surface area (Å²) in [6.45, 7) is 1.83. The molecule has 0 N–H and O–H groups in total. The van der Waals surface area contributed by atoms with E-state index in [1.54, 1.807) is 0 Å². The molecule has 0 unspecified atom stereocenters. The van der Waals surface area contributed by atoms with Crippen molar-refractivity contribution in [1.29, 1.82) is 0 Å². The molecular formula is C26H32N2O2Se2. The van der Waals surface area contributed by atoms with Gasteiger partial charge in [-0.25, -0.2) is 0 Å². The number of hydrogen-bond acceptors (Lipinski definition) is 2. The van der Waals surface area contributed by atoms with Gasteiger partial charge in [-0.15, -0.1) is 0 Å². The molecule has 4 rings (SSSR count). The molecule has 0 bridgehead atoms. The van der Waals surface area contributed by atoms with Crippen molar-refractivity contribution in [1.82, 2.24) is 7.12 Å². The van der Waals surface area contributed by atoms with Crippen molar-refractivity contribution in [3.63, 3.8) is 0 Å². The summed E-state index contributed by atoms with van der Waals surface area (Å²) >= 11 is 0.363. The van der Waals surface area contributed by atoms with Crippen molar-refractivity contribution in [2.75, 3.05) is 0 Å². The van der Waals surface area contributed by atoms with Gasteiger partial charge in [0.2, 0.25) is 0 Å². The number of rotatable bonds is 13. The molecule has 0 saturated carbocycles. The third kappa shape index (κ3) is 6.05. The van der Waals surface area contributed by atoms with E-state index in [2.05, 4.69) is 19.3 Å². The molecule has 2 aromatic heterocycles. The minimum absolute atomic E-state index is 0.181. The number of fused-ring (bicyclic) bond motifs is 2. The summed E-state index contributed by atoms with van der Waals surface area (Å²) in [5.74, 6) is 0. The fourth-order valence-corrected chi connectivity index (χ4v) is 8.59. The van der Waals surface area contributed by atoms with Gasteiger partial charge in [0.05, 0.1) is 0 Å². The Hall–Kier alpha value is -1.58. The summed E-state index contributed by atoms with van der Waals surface area (Å²) in [6.07, 6.45) is 12.5. The zero-order valence-electron chi connectivity index (χ0n) is 18.6. The SMILES string of the molecule is O=c1c2ccccc2[se]n1CCCCCCCCCCCCn1[se]c2ccccc2c1=O. The summed E-state index contributed by atoms with van der Waals surface area (Å²) in [6, 6.07) is 16.1. The van der Waals surface area contributed by atoms with Crippen molar-refractivity contribution in [3.05, 3.63) is 69.2 Å². The Morgan fingerprint density at radius 2 is 0.844 bits per heavy atom. The summed E-state index contributed by atoms with van der Waals surface area (Å²) in [4.78, 5) is 24.8. The third-order valence-electron chi connectivity index (χ3n) is 6.08. The Labute approximate surface area is 201 Å². The number of aromatic nitrogens is 2. The molecule has 6 heteroatoms. The van der Waals surface area contributed by atoms with Gasteiger partial charge in [-0.1, -0.05) is 0 Å². The molecule has 170 valence electrons. The first kappa shape index (κ1) is 23.6. The van der Waals surface area contributed by atoms with Gasteiger partial charge in [0.15, 0.2) is 0 Å². The van der Waals surface area contributed by atoms with Crippen LogP contribution in [0, 0.1) is 0 Å². The van der Waals surface area contributed by atoms with E-state index in [1.165, 1.54) is 59.9 Å². The predicted octanol–water partition coefficient (Wildman–Crippen LogP) is 5.03. The Kier molecular flexibility index (Phi) is 8.87. The van der Waals surface area contributed by atoms with Crippen LogP contribution in [0.2, 0.25) is 0 Å². The van der Waals surface area contributed by atoms with Gasteiger partial charge >= 0.3 is 202 Å². The topological polar surface area (TPSA) is 44.0 Å². The predicted molar refractivity (Wildman–Crippen MR) is 136 cm³/mol. The van der Waals surface area contributed by atoms with Crippen LogP contribution in [0.25, 0.3) is 19.3 Å². The fraction of sp³-hybridized carbons (Fsp3) is 0.462.